The Kier molecular flexibility index (Phi) is 6.41. The average molecular weight is 389 g/mol. The summed E-state index contributed by atoms with van der Waals surface area (Å²) in [5.41, 5.74) is -0.0754. The number of alkyl halides is 3. The molecule has 0 aliphatic rings. The molecule has 0 fully saturated rings. The fourth-order valence-electron chi connectivity index (χ4n) is 2.08. The van der Waals surface area contributed by atoms with Gasteiger partial charge in [-0.1, -0.05) is 49.3 Å². The van der Waals surface area contributed by atoms with E-state index >= 15 is 0 Å². The van der Waals surface area contributed by atoms with Gasteiger partial charge in [-0.25, -0.2) is 0 Å². The SMILES string of the molecule is CC(C)SC(=O)Cc1cccc(Oc2ccc(C(F)(F)F)cc2Cl)c1. The summed E-state index contributed by atoms with van der Waals surface area (Å²) >= 11 is 7.14. The Morgan fingerprint density at radius 1 is 1.20 bits per heavy atom. The zero-order valence-electron chi connectivity index (χ0n) is 13.6. The van der Waals surface area contributed by atoms with Crippen LogP contribution < -0.4 is 4.74 Å². The minimum absolute atomic E-state index is 0.0414. The predicted octanol–water partition coefficient (Wildman–Crippen LogP) is 6.36. The molecular weight excluding hydrogens is 373 g/mol. The fraction of sp³-hybridized carbons (Fsp3) is 0.278. The van der Waals surface area contributed by atoms with Gasteiger partial charge in [0.1, 0.15) is 11.5 Å². The van der Waals surface area contributed by atoms with Crippen LogP contribution in [0.2, 0.25) is 5.02 Å². The van der Waals surface area contributed by atoms with Gasteiger partial charge in [0.15, 0.2) is 5.12 Å². The van der Waals surface area contributed by atoms with Crippen molar-refractivity contribution in [3.8, 4) is 11.5 Å². The Morgan fingerprint density at radius 2 is 1.92 bits per heavy atom. The third kappa shape index (κ3) is 5.97. The molecular formula is C18H16ClF3O2S. The second-order valence-electron chi connectivity index (χ2n) is 5.61. The number of halogens is 4. The number of ether oxygens (including phenoxy) is 1. The number of hydrogen-bond acceptors (Lipinski definition) is 3. The lowest BCUT2D eigenvalue weighted by Gasteiger charge is -2.12. The second kappa shape index (κ2) is 8.15. The van der Waals surface area contributed by atoms with Gasteiger partial charge in [-0.05, 0) is 35.9 Å². The van der Waals surface area contributed by atoms with E-state index in [0.29, 0.717) is 5.75 Å². The largest absolute Gasteiger partial charge is 0.456 e. The molecule has 2 aromatic carbocycles. The Balaban J connectivity index is 2.13. The molecule has 25 heavy (non-hydrogen) atoms. The smallest absolute Gasteiger partial charge is 0.416 e. The van der Waals surface area contributed by atoms with Crippen LogP contribution in [0.4, 0.5) is 13.2 Å². The van der Waals surface area contributed by atoms with E-state index in [-0.39, 0.29) is 27.6 Å². The zero-order valence-corrected chi connectivity index (χ0v) is 15.1. The maximum absolute atomic E-state index is 12.7. The summed E-state index contributed by atoms with van der Waals surface area (Å²) in [7, 11) is 0. The standard InChI is InChI=1S/C18H16ClF3O2S/c1-11(2)25-17(23)9-12-4-3-5-14(8-12)24-16-7-6-13(10-15(16)19)18(20,21)22/h3-8,10-11H,9H2,1-2H3. The van der Waals surface area contributed by atoms with Crippen molar-refractivity contribution >= 4 is 28.5 Å². The summed E-state index contributed by atoms with van der Waals surface area (Å²) in [6.07, 6.45) is -4.21. The van der Waals surface area contributed by atoms with Crippen LogP contribution in [0.5, 0.6) is 11.5 Å². The molecule has 134 valence electrons. The van der Waals surface area contributed by atoms with E-state index in [1.165, 1.54) is 17.8 Å². The Morgan fingerprint density at radius 3 is 2.52 bits per heavy atom. The third-order valence-corrected chi connectivity index (χ3v) is 4.28. The monoisotopic (exact) mass is 388 g/mol. The molecule has 0 aliphatic heterocycles. The number of hydrogen-bond donors (Lipinski definition) is 0. The molecule has 0 heterocycles. The van der Waals surface area contributed by atoms with Crippen molar-refractivity contribution in [2.75, 3.05) is 0 Å². The molecule has 2 nitrogen and oxygen atoms in total. The minimum atomic E-state index is -4.46. The first-order chi connectivity index (χ1) is 11.6. The van der Waals surface area contributed by atoms with Crippen LogP contribution in [0.1, 0.15) is 25.0 Å². The maximum atomic E-state index is 12.7. The molecule has 0 aromatic heterocycles. The van der Waals surface area contributed by atoms with Gasteiger partial charge in [0, 0.05) is 11.7 Å². The van der Waals surface area contributed by atoms with Crippen molar-refractivity contribution in [1.82, 2.24) is 0 Å². The lowest BCUT2D eigenvalue weighted by Crippen LogP contribution is -2.04. The van der Waals surface area contributed by atoms with Gasteiger partial charge in [0.05, 0.1) is 10.6 Å². The zero-order chi connectivity index (χ0) is 18.6. The summed E-state index contributed by atoms with van der Waals surface area (Å²) in [6, 6.07) is 9.75. The van der Waals surface area contributed by atoms with E-state index in [9.17, 15) is 18.0 Å². The Bertz CT molecular complexity index is 760. The highest BCUT2D eigenvalue weighted by Gasteiger charge is 2.31. The van der Waals surface area contributed by atoms with E-state index in [4.69, 9.17) is 16.3 Å². The van der Waals surface area contributed by atoms with Gasteiger partial charge in [0.2, 0.25) is 0 Å². The van der Waals surface area contributed by atoms with Crippen LogP contribution in [0.15, 0.2) is 42.5 Å². The number of carbonyl (C=O) groups is 1. The van der Waals surface area contributed by atoms with Crippen molar-refractivity contribution in [3.63, 3.8) is 0 Å². The van der Waals surface area contributed by atoms with Crippen molar-refractivity contribution < 1.29 is 22.7 Å². The van der Waals surface area contributed by atoms with E-state index in [0.717, 1.165) is 17.7 Å². The molecule has 0 aliphatic carbocycles. The number of benzene rings is 2. The topological polar surface area (TPSA) is 26.3 Å². The molecule has 0 spiro atoms. The van der Waals surface area contributed by atoms with Gasteiger partial charge in [-0.2, -0.15) is 13.2 Å². The fourth-order valence-corrected chi connectivity index (χ4v) is 3.07. The van der Waals surface area contributed by atoms with Crippen molar-refractivity contribution in [1.29, 1.82) is 0 Å². The molecule has 7 heteroatoms. The van der Waals surface area contributed by atoms with Crippen molar-refractivity contribution in [2.45, 2.75) is 31.7 Å². The first kappa shape index (κ1) is 19.7. The highest BCUT2D eigenvalue weighted by atomic mass is 35.5. The lowest BCUT2D eigenvalue weighted by molar-refractivity contribution is -0.137. The maximum Gasteiger partial charge on any atom is 0.416 e. The molecule has 0 saturated heterocycles. The number of rotatable bonds is 5. The van der Waals surface area contributed by atoms with E-state index in [2.05, 4.69) is 0 Å². The summed E-state index contributed by atoms with van der Waals surface area (Å²) in [5.74, 6) is 0.524. The molecule has 0 radical (unpaired) electrons. The normalized spacial score (nSPS) is 11.6. The summed E-state index contributed by atoms with van der Waals surface area (Å²) in [4.78, 5) is 11.9. The van der Waals surface area contributed by atoms with E-state index in [1.807, 2.05) is 13.8 Å². The number of carbonyl (C=O) groups excluding carboxylic acids is 1. The molecule has 0 amide bonds. The van der Waals surface area contributed by atoms with Gasteiger partial charge in [-0.15, -0.1) is 0 Å². The van der Waals surface area contributed by atoms with Crippen molar-refractivity contribution in [3.05, 3.63) is 58.6 Å². The average Bonchev–Trinajstić information content (AvgIpc) is 2.47. The van der Waals surface area contributed by atoms with Crippen LogP contribution in [-0.4, -0.2) is 10.4 Å². The minimum Gasteiger partial charge on any atom is -0.456 e. The molecule has 0 bridgehead atoms. The van der Waals surface area contributed by atoms with E-state index < -0.39 is 11.7 Å². The summed E-state index contributed by atoms with van der Waals surface area (Å²) in [5, 5.41) is 0.115. The highest BCUT2D eigenvalue weighted by Crippen LogP contribution is 2.36. The molecule has 0 unspecified atom stereocenters. The Hall–Kier alpha value is -1.66. The highest BCUT2D eigenvalue weighted by molar-refractivity contribution is 8.14. The predicted molar refractivity (Wildman–Crippen MR) is 94.4 cm³/mol. The second-order valence-corrected chi connectivity index (χ2v) is 7.65. The molecule has 0 saturated carbocycles. The van der Waals surface area contributed by atoms with Gasteiger partial charge in [-0.3, -0.25) is 4.79 Å². The quantitative estimate of drug-likeness (QED) is 0.596. The van der Waals surface area contributed by atoms with Crippen LogP contribution in [0.3, 0.4) is 0 Å². The first-order valence-corrected chi connectivity index (χ1v) is 8.74. The first-order valence-electron chi connectivity index (χ1n) is 7.48. The van der Waals surface area contributed by atoms with Crippen LogP contribution in [0.25, 0.3) is 0 Å². The molecule has 0 atom stereocenters. The van der Waals surface area contributed by atoms with Crippen molar-refractivity contribution in [2.24, 2.45) is 0 Å². The van der Waals surface area contributed by atoms with Crippen LogP contribution in [-0.2, 0) is 17.4 Å². The molecule has 2 rings (SSSR count). The number of thioether (sulfide) groups is 1. The molecule has 2 aromatic rings. The Labute approximate surface area is 153 Å². The third-order valence-electron chi connectivity index (χ3n) is 3.10. The summed E-state index contributed by atoms with van der Waals surface area (Å²) in [6.45, 7) is 3.88. The van der Waals surface area contributed by atoms with E-state index in [1.54, 1.807) is 24.3 Å². The van der Waals surface area contributed by atoms with Crippen LogP contribution >= 0.6 is 23.4 Å². The molecule has 0 N–H and O–H groups in total. The van der Waals surface area contributed by atoms with Gasteiger partial charge >= 0.3 is 6.18 Å². The van der Waals surface area contributed by atoms with Gasteiger partial charge < -0.3 is 4.74 Å². The van der Waals surface area contributed by atoms with Crippen LogP contribution in [0, 0.1) is 0 Å². The van der Waals surface area contributed by atoms with Gasteiger partial charge in [0.25, 0.3) is 0 Å². The summed E-state index contributed by atoms with van der Waals surface area (Å²) < 4.78 is 43.5. The lowest BCUT2D eigenvalue weighted by atomic mass is 10.1.